The maximum atomic E-state index is 11.5. The molecule has 0 aliphatic carbocycles. The summed E-state index contributed by atoms with van der Waals surface area (Å²) < 4.78 is 14.9. The Labute approximate surface area is 143 Å². The molecule has 0 saturated heterocycles. The van der Waals surface area contributed by atoms with Gasteiger partial charge in [0.25, 0.3) is 0 Å². The van der Waals surface area contributed by atoms with Crippen molar-refractivity contribution in [2.75, 3.05) is 26.4 Å². The third-order valence-corrected chi connectivity index (χ3v) is 3.43. The van der Waals surface area contributed by atoms with Gasteiger partial charge in [0.1, 0.15) is 13.2 Å². The molecule has 1 atom stereocenters. The molecule has 0 bridgehead atoms. The Kier molecular flexibility index (Phi) is 13.9. The molecule has 24 heavy (non-hydrogen) atoms. The molecule has 0 fully saturated rings. The molecule has 0 spiro atoms. The summed E-state index contributed by atoms with van der Waals surface area (Å²) in [4.78, 5) is 34.1. The third kappa shape index (κ3) is 12.9. The number of hydrogen-bond acceptors (Lipinski definition) is 7. The standard InChI is InChI=1S/C17H30O7/c1-3-14(2)17(21)24-13-12-23-16(20)9-5-7-11-22-15(19)8-4-6-10-18/h14,18H,3-13H2,1-2H3. The zero-order valence-corrected chi connectivity index (χ0v) is 14.8. The Hall–Kier alpha value is -1.63. The van der Waals surface area contributed by atoms with Crippen molar-refractivity contribution in [3.8, 4) is 0 Å². The van der Waals surface area contributed by atoms with Crippen molar-refractivity contribution in [1.29, 1.82) is 0 Å². The van der Waals surface area contributed by atoms with Gasteiger partial charge in [0.2, 0.25) is 0 Å². The van der Waals surface area contributed by atoms with E-state index in [1.165, 1.54) is 0 Å². The van der Waals surface area contributed by atoms with Crippen LogP contribution in [0.2, 0.25) is 0 Å². The number of carbonyl (C=O) groups is 3. The van der Waals surface area contributed by atoms with Crippen molar-refractivity contribution in [3.63, 3.8) is 0 Å². The monoisotopic (exact) mass is 346 g/mol. The Bertz CT molecular complexity index is 368. The highest BCUT2D eigenvalue weighted by Crippen LogP contribution is 2.04. The largest absolute Gasteiger partial charge is 0.466 e. The fourth-order valence-corrected chi connectivity index (χ4v) is 1.69. The highest BCUT2D eigenvalue weighted by atomic mass is 16.6. The maximum Gasteiger partial charge on any atom is 0.308 e. The van der Waals surface area contributed by atoms with Crippen LogP contribution in [0, 0.1) is 5.92 Å². The molecule has 0 amide bonds. The van der Waals surface area contributed by atoms with Crippen molar-refractivity contribution in [2.24, 2.45) is 5.92 Å². The van der Waals surface area contributed by atoms with Crippen LogP contribution in [0.25, 0.3) is 0 Å². The van der Waals surface area contributed by atoms with Gasteiger partial charge in [-0.25, -0.2) is 0 Å². The molecule has 7 nitrogen and oxygen atoms in total. The van der Waals surface area contributed by atoms with Crippen LogP contribution >= 0.6 is 0 Å². The van der Waals surface area contributed by atoms with Gasteiger partial charge in [-0.15, -0.1) is 0 Å². The number of ether oxygens (including phenoxy) is 3. The summed E-state index contributed by atoms with van der Waals surface area (Å²) in [6.07, 6.45) is 3.61. The number of aliphatic hydroxyl groups excluding tert-OH is 1. The second-order valence-corrected chi connectivity index (χ2v) is 5.56. The number of esters is 3. The van der Waals surface area contributed by atoms with Crippen LogP contribution < -0.4 is 0 Å². The topological polar surface area (TPSA) is 99.1 Å². The Morgan fingerprint density at radius 1 is 0.833 bits per heavy atom. The van der Waals surface area contributed by atoms with E-state index in [1.54, 1.807) is 6.92 Å². The van der Waals surface area contributed by atoms with Crippen molar-refractivity contribution in [3.05, 3.63) is 0 Å². The van der Waals surface area contributed by atoms with Gasteiger partial charge in [0.15, 0.2) is 0 Å². The van der Waals surface area contributed by atoms with E-state index >= 15 is 0 Å². The van der Waals surface area contributed by atoms with E-state index in [1.807, 2.05) is 6.92 Å². The van der Waals surface area contributed by atoms with Gasteiger partial charge >= 0.3 is 17.9 Å². The molecule has 1 unspecified atom stereocenters. The maximum absolute atomic E-state index is 11.5. The lowest BCUT2D eigenvalue weighted by molar-refractivity contribution is -0.155. The summed E-state index contributed by atoms with van der Waals surface area (Å²) in [6, 6.07) is 0. The lowest BCUT2D eigenvalue weighted by Crippen LogP contribution is -2.18. The summed E-state index contributed by atoms with van der Waals surface area (Å²) in [5.74, 6) is -1.07. The minimum absolute atomic E-state index is 0.0564. The second-order valence-electron chi connectivity index (χ2n) is 5.56. The average Bonchev–Trinajstić information content (AvgIpc) is 2.57. The van der Waals surface area contributed by atoms with E-state index in [4.69, 9.17) is 19.3 Å². The number of rotatable bonds is 14. The normalized spacial score (nSPS) is 11.6. The molecule has 0 rings (SSSR count). The number of aliphatic hydroxyl groups is 1. The smallest absolute Gasteiger partial charge is 0.308 e. The molecule has 0 aromatic carbocycles. The predicted octanol–water partition coefficient (Wildman–Crippen LogP) is 1.99. The highest BCUT2D eigenvalue weighted by Gasteiger charge is 2.12. The van der Waals surface area contributed by atoms with Gasteiger partial charge in [-0.3, -0.25) is 14.4 Å². The van der Waals surface area contributed by atoms with Crippen LogP contribution in [0.1, 0.15) is 58.8 Å². The molecule has 0 aliphatic rings. The highest BCUT2D eigenvalue weighted by molar-refractivity contribution is 5.72. The molecule has 0 saturated carbocycles. The van der Waals surface area contributed by atoms with Gasteiger partial charge in [0, 0.05) is 19.4 Å². The molecule has 140 valence electrons. The molecule has 1 N–H and O–H groups in total. The van der Waals surface area contributed by atoms with E-state index in [2.05, 4.69) is 0 Å². The fraction of sp³-hybridized carbons (Fsp3) is 0.824. The van der Waals surface area contributed by atoms with E-state index in [0.717, 1.165) is 0 Å². The molecule has 0 radical (unpaired) electrons. The number of unbranched alkanes of at least 4 members (excludes halogenated alkanes) is 2. The van der Waals surface area contributed by atoms with Crippen molar-refractivity contribution in [1.82, 2.24) is 0 Å². The average molecular weight is 346 g/mol. The van der Waals surface area contributed by atoms with Crippen molar-refractivity contribution < 1.29 is 33.7 Å². The van der Waals surface area contributed by atoms with Crippen LogP contribution in [-0.2, 0) is 28.6 Å². The zero-order valence-electron chi connectivity index (χ0n) is 14.8. The van der Waals surface area contributed by atoms with Gasteiger partial charge < -0.3 is 19.3 Å². The molecule has 0 aromatic rings. The summed E-state index contributed by atoms with van der Waals surface area (Å²) in [6.45, 7) is 4.16. The van der Waals surface area contributed by atoms with Crippen LogP contribution in [0.3, 0.4) is 0 Å². The quantitative estimate of drug-likeness (QED) is 0.292. The minimum atomic E-state index is -0.358. The Morgan fingerprint density at radius 3 is 1.96 bits per heavy atom. The summed E-state index contributed by atoms with van der Waals surface area (Å²) >= 11 is 0. The zero-order chi connectivity index (χ0) is 18.2. The second kappa shape index (κ2) is 14.9. The predicted molar refractivity (Wildman–Crippen MR) is 87.1 cm³/mol. The molecule has 0 aromatic heterocycles. The van der Waals surface area contributed by atoms with E-state index in [0.29, 0.717) is 38.5 Å². The first-order valence-electron chi connectivity index (χ1n) is 8.60. The summed E-state index contributed by atoms with van der Waals surface area (Å²) in [5, 5.41) is 8.60. The molecule has 7 heteroatoms. The van der Waals surface area contributed by atoms with Crippen LogP contribution in [0.5, 0.6) is 0 Å². The lowest BCUT2D eigenvalue weighted by atomic mass is 10.1. The van der Waals surface area contributed by atoms with Crippen molar-refractivity contribution in [2.45, 2.75) is 58.8 Å². The molecular formula is C17H30O7. The SMILES string of the molecule is CCC(C)C(=O)OCCOC(=O)CCCCOC(=O)CCCCO. The van der Waals surface area contributed by atoms with Crippen molar-refractivity contribution >= 4 is 17.9 Å². The van der Waals surface area contributed by atoms with Gasteiger partial charge in [-0.1, -0.05) is 13.8 Å². The van der Waals surface area contributed by atoms with E-state index < -0.39 is 0 Å². The summed E-state index contributed by atoms with van der Waals surface area (Å²) in [7, 11) is 0. The molecule has 0 heterocycles. The van der Waals surface area contributed by atoms with Crippen LogP contribution in [0.4, 0.5) is 0 Å². The Morgan fingerprint density at radius 2 is 1.38 bits per heavy atom. The first-order valence-corrected chi connectivity index (χ1v) is 8.60. The first kappa shape index (κ1) is 22.4. The molecule has 0 aliphatic heterocycles. The van der Waals surface area contributed by atoms with E-state index in [-0.39, 0.29) is 56.7 Å². The molecular weight excluding hydrogens is 316 g/mol. The number of carbonyl (C=O) groups excluding carboxylic acids is 3. The van der Waals surface area contributed by atoms with Crippen LogP contribution in [0.15, 0.2) is 0 Å². The van der Waals surface area contributed by atoms with E-state index in [9.17, 15) is 14.4 Å². The van der Waals surface area contributed by atoms with Crippen LogP contribution in [-0.4, -0.2) is 49.4 Å². The number of hydrogen-bond donors (Lipinski definition) is 1. The third-order valence-electron chi connectivity index (χ3n) is 3.43. The van der Waals surface area contributed by atoms with Gasteiger partial charge in [-0.05, 0) is 32.1 Å². The Balaban J connectivity index is 3.47. The lowest BCUT2D eigenvalue weighted by Gasteiger charge is -2.09. The summed E-state index contributed by atoms with van der Waals surface area (Å²) in [5.41, 5.74) is 0. The fourth-order valence-electron chi connectivity index (χ4n) is 1.69. The minimum Gasteiger partial charge on any atom is -0.466 e. The van der Waals surface area contributed by atoms with Gasteiger partial charge in [-0.2, -0.15) is 0 Å². The first-order chi connectivity index (χ1) is 11.5. The van der Waals surface area contributed by atoms with Gasteiger partial charge in [0.05, 0.1) is 12.5 Å².